The number of hydrogen-bond donors (Lipinski definition) is 1. The third-order valence-electron chi connectivity index (χ3n) is 2.94. The molecule has 112 valence electrons. The van der Waals surface area contributed by atoms with E-state index in [-0.39, 0.29) is 11.6 Å². The molecule has 0 aromatic carbocycles. The van der Waals surface area contributed by atoms with Crippen molar-refractivity contribution in [1.82, 2.24) is 20.3 Å². The first-order chi connectivity index (χ1) is 9.42. The summed E-state index contributed by atoms with van der Waals surface area (Å²) in [4.78, 5) is 23.6. The van der Waals surface area contributed by atoms with Crippen LogP contribution in [0.25, 0.3) is 0 Å². The molecule has 0 aliphatic rings. The molecule has 0 spiro atoms. The minimum atomic E-state index is -0.539. The number of ether oxygens (including phenoxy) is 1. The van der Waals surface area contributed by atoms with Gasteiger partial charge in [-0.2, -0.15) is 0 Å². The Bertz CT molecular complexity index is 482. The maximum atomic E-state index is 12.0. The van der Waals surface area contributed by atoms with Crippen LogP contribution >= 0.6 is 0 Å². The van der Waals surface area contributed by atoms with Crippen molar-refractivity contribution >= 4 is 11.9 Å². The molecule has 1 atom stereocenters. The highest BCUT2D eigenvalue weighted by Crippen LogP contribution is 2.14. The Morgan fingerprint density at radius 2 is 2.00 bits per heavy atom. The van der Waals surface area contributed by atoms with E-state index in [4.69, 9.17) is 0 Å². The monoisotopic (exact) mass is 282 g/mol. The molecule has 1 aromatic rings. The second-order valence-corrected chi connectivity index (χ2v) is 4.99. The molecule has 0 bridgehead atoms. The molecule has 1 heterocycles. The summed E-state index contributed by atoms with van der Waals surface area (Å²) in [5, 5.41) is 10.6. The molecule has 0 saturated heterocycles. The molecule has 7 heteroatoms. The van der Waals surface area contributed by atoms with Gasteiger partial charge in [-0.3, -0.25) is 4.79 Å². The molecule has 0 radical (unpaired) electrons. The molecule has 20 heavy (non-hydrogen) atoms. The fourth-order valence-corrected chi connectivity index (χ4v) is 1.77. The average molecular weight is 282 g/mol. The van der Waals surface area contributed by atoms with E-state index in [1.54, 1.807) is 6.92 Å². The van der Waals surface area contributed by atoms with Crippen LogP contribution in [-0.4, -0.2) is 40.5 Å². The Labute approximate surface area is 118 Å². The van der Waals surface area contributed by atoms with Crippen LogP contribution in [0.1, 0.15) is 49.9 Å². The summed E-state index contributed by atoms with van der Waals surface area (Å²) in [6.45, 7) is 8.24. The van der Waals surface area contributed by atoms with E-state index in [0.717, 1.165) is 0 Å². The van der Waals surface area contributed by atoms with Gasteiger partial charge in [-0.15, -0.1) is 5.10 Å². The zero-order valence-electron chi connectivity index (χ0n) is 12.6. The molecular formula is C13H22N4O3. The Morgan fingerprint density at radius 1 is 1.35 bits per heavy atom. The van der Waals surface area contributed by atoms with E-state index >= 15 is 0 Å². The summed E-state index contributed by atoms with van der Waals surface area (Å²) in [6.07, 6.45) is 0.541. The number of methoxy groups -OCH3 is 1. The zero-order valence-corrected chi connectivity index (χ0v) is 12.6. The fraction of sp³-hybridized carbons (Fsp3) is 0.692. The van der Waals surface area contributed by atoms with Crippen molar-refractivity contribution < 1.29 is 14.3 Å². The Hall–Kier alpha value is -1.92. The Balaban J connectivity index is 2.93. The third-order valence-corrected chi connectivity index (χ3v) is 2.94. The van der Waals surface area contributed by atoms with Crippen LogP contribution in [0.4, 0.5) is 0 Å². The highest BCUT2D eigenvalue weighted by molar-refractivity contribution is 5.88. The van der Waals surface area contributed by atoms with Crippen LogP contribution in [0.2, 0.25) is 0 Å². The lowest BCUT2D eigenvalue weighted by Gasteiger charge is -2.15. The second kappa shape index (κ2) is 7.02. The quantitative estimate of drug-likeness (QED) is 0.785. The summed E-state index contributed by atoms with van der Waals surface area (Å²) < 4.78 is 6.13. The fourth-order valence-electron chi connectivity index (χ4n) is 1.77. The maximum absolute atomic E-state index is 12.0. The molecule has 1 rings (SSSR count). The van der Waals surface area contributed by atoms with E-state index in [0.29, 0.717) is 24.6 Å². The number of carbonyl (C=O) groups excluding carboxylic acids is 2. The predicted octanol–water partition coefficient (Wildman–Crippen LogP) is 0.960. The van der Waals surface area contributed by atoms with Gasteiger partial charge < -0.3 is 10.1 Å². The molecule has 0 aliphatic heterocycles. The van der Waals surface area contributed by atoms with Crippen molar-refractivity contribution in [3.05, 3.63) is 11.4 Å². The predicted molar refractivity (Wildman–Crippen MR) is 73.3 cm³/mol. The van der Waals surface area contributed by atoms with E-state index in [9.17, 15) is 9.59 Å². The summed E-state index contributed by atoms with van der Waals surface area (Å²) in [7, 11) is 1.29. The normalized spacial score (nSPS) is 12.3. The molecule has 0 saturated carbocycles. The summed E-state index contributed by atoms with van der Waals surface area (Å²) in [6, 6.07) is -0.519. The molecule has 1 aromatic heterocycles. The van der Waals surface area contributed by atoms with E-state index < -0.39 is 12.0 Å². The largest absolute Gasteiger partial charge is 0.464 e. The van der Waals surface area contributed by atoms with Crippen LogP contribution < -0.4 is 5.32 Å². The van der Waals surface area contributed by atoms with Gasteiger partial charge in [0.1, 0.15) is 6.04 Å². The van der Waals surface area contributed by atoms with Crippen LogP contribution in [0, 0.1) is 5.92 Å². The number of amides is 1. The van der Waals surface area contributed by atoms with Gasteiger partial charge >= 0.3 is 5.97 Å². The van der Waals surface area contributed by atoms with Gasteiger partial charge in [0.25, 0.3) is 0 Å². The van der Waals surface area contributed by atoms with Crippen molar-refractivity contribution in [2.24, 2.45) is 5.92 Å². The van der Waals surface area contributed by atoms with Gasteiger partial charge in [0.2, 0.25) is 5.91 Å². The van der Waals surface area contributed by atoms with Crippen LogP contribution in [0.15, 0.2) is 0 Å². The SMILES string of the molecule is CCc1c(C(=O)OC)nnn1C(C)C(=O)NCC(C)C. The second-order valence-electron chi connectivity index (χ2n) is 4.99. The van der Waals surface area contributed by atoms with Crippen molar-refractivity contribution in [2.75, 3.05) is 13.7 Å². The van der Waals surface area contributed by atoms with Gasteiger partial charge in [0.05, 0.1) is 12.8 Å². The van der Waals surface area contributed by atoms with Crippen molar-refractivity contribution in [2.45, 2.75) is 40.2 Å². The molecule has 1 N–H and O–H groups in total. The number of nitrogens with zero attached hydrogens (tertiary/aromatic N) is 3. The van der Waals surface area contributed by atoms with Crippen LogP contribution in [0.3, 0.4) is 0 Å². The number of esters is 1. The maximum Gasteiger partial charge on any atom is 0.360 e. The lowest BCUT2D eigenvalue weighted by Crippen LogP contribution is -2.34. The zero-order chi connectivity index (χ0) is 15.3. The van der Waals surface area contributed by atoms with E-state index in [1.165, 1.54) is 11.8 Å². The van der Waals surface area contributed by atoms with Gasteiger partial charge in [-0.1, -0.05) is 26.0 Å². The molecule has 0 fully saturated rings. The molecule has 7 nitrogen and oxygen atoms in total. The third kappa shape index (κ3) is 3.55. The van der Waals surface area contributed by atoms with Gasteiger partial charge in [-0.05, 0) is 19.3 Å². The minimum absolute atomic E-state index is 0.144. The highest BCUT2D eigenvalue weighted by Gasteiger charge is 2.24. The standard InChI is InChI=1S/C13H22N4O3/c1-6-10-11(13(19)20-5)15-16-17(10)9(4)12(18)14-7-8(2)3/h8-9H,6-7H2,1-5H3,(H,14,18). The average Bonchev–Trinajstić information content (AvgIpc) is 2.86. The number of hydrogen-bond acceptors (Lipinski definition) is 5. The lowest BCUT2D eigenvalue weighted by atomic mass is 10.2. The molecule has 1 amide bonds. The first kappa shape index (κ1) is 16.1. The number of carbonyl (C=O) groups is 2. The van der Waals surface area contributed by atoms with E-state index in [1.807, 2.05) is 20.8 Å². The van der Waals surface area contributed by atoms with Crippen molar-refractivity contribution in [1.29, 1.82) is 0 Å². The smallest absolute Gasteiger partial charge is 0.360 e. The molecule has 0 aliphatic carbocycles. The first-order valence-electron chi connectivity index (χ1n) is 6.72. The van der Waals surface area contributed by atoms with Gasteiger partial charge in [-0.25, -0.2) is 9.48 Å². The molecule has 1 unspecified atom stereocenters. The Kier molecular flexibility index (Phi) is 5.66. The number of aromatic nitrogens is 3. The Morgan fingerprint density at radius 3 is 2.50 bits per heavy atom. The minimum Gasteiger partial charge on any atom is -0.464 e. The molecular weight excluding hydrogens is 260 g/mol. The van der Waals surface area contributed by atoms with Crippen molar-refractivity contribution in [3.8, 4) is 0 Å². The lowest BCUT2D eigenvalue weighted by molar-refractivity contribution is -0.124. The van der Waals surface area contributed by atoms with Crippen LogP contribution in [-0.2, 0) is 16.0 Å². The highest BCUT2D eigenvalue weighted by atomic mass is 16.5. The summed E-state index contributed by atoms with van der Waals surface area (Å²) >= 11 is 0. The number of rotatable bonds is 6. The van der Waals surface area contributed by atoms with Gasteiger partial charge in [0.15, 0.2) is 5.69 Å². The van der Waals surface area contributed by atoms with Crippen molar-refractivity contribution in [3.63, 3.8) is 0 Å². The van der Waals surface area contributed by atoms with Gasteiger partial charge in [0, 0.05) is 6.54 Å². The van der Waals surface area contributed by atoms with E-state index in [2.05, 4.69) is 20.4 Å². The van der Waals surface area contributed by atoms with Crippen LogP contribution in [0.5, 0.6) is 0 Å². The number of nitrogens with one attached hydrogen (secondary N) is 1. The topological polar surface area (TPSA) is 86.1 Å². The summed E-state index contributed by atoms with van der Waals surface area (Å²) in [5.74, 6) is -0.309. The summed E-state index contributed by atoms with van der Waals surface area (Å²) in [5.41, 5.74) is 0.766. The first-order valence-corrected chi connectivity index (χ1v) is 6.72.